The van der Waals surface area contributed by atoms with Crippen LogP contribution in [0.4, 0.5) is 0 Å². The number of Topliss-reactive ketones (excluding diaryl/α,β-unsaturated/α-hetero) is 1. The van der Waals surface area contributed by atoms with Crippen LogP contribution in [0, 0.1) is 6.92 Å². The molecule has 76 valence electrons. The van der Waals surface area contributed by atoms with E-state index in [9.17, 15) is 9.90 Å². The third-order valence-corrected chi connectivity index (χ3v) is 2.70. The zero-order valence-corrected chi connectivity index (χ0v) is 9.81. The zero-order valence-electron chi connectivity index (χ0n) is 8.22. The Labute approximate surface area is 90.8 Å². The summed E-state index contributed by atoms with van der Waals surface area (Å²) >= 11 is 3.18. The van der Waals surface area contributed by atoms with E-state index in [2.05, 4.69) is 15.9 Å². The third kappa shape index (κ3) is 1.75. The van der Waals surface area contributed by atoms with Crippen LogP contribution in [-0.4, -0.2) is 18.0 Å². The second-order valence-electron chi connectivity index (χ2n) is 2.99. The molecule has 0 saturated carbocycles. The highest BCUT2D eigenvalue weighted by molar-refractivity contribution is 9.10. The van der Waals surface area contributed by atoms with Crippen LogP contribution < -0.4 is 4.74 Å². The molecule has 1 aromatic carbocycles. The lowest BCUT2D eigenvalue weighted by Crippen LogP contribution is -1.97. The molecule has 0 radical (unpaired) electrons. The van der Waals surface area contributed by atoms with Crippen LogP contribution in [0.15, 0.2) is 10.5 Å². The number of phenols is 1. The summed E-state index contributed by atoms with van der Waals surface area (Å²) in [5, 5.41) is 9.66. The van der Waals surface area contributed by atoms with Gasteiger partial charge in [-0.2, -0.15) is 0 Å². The average Bonchev–Trinajstić information content (AvgIpc) is 2.12. The quantitative estimate of drug-likeness (QED) is 0.830. The van der Waals surface area contributed by atoms with Gasteiger partial charge in [0, 0.05) is 0 Å². The van der Waals surface area contributed by atoms with Crippen LogP contribution in [0.3, 0.4) is 0 Å². The maximum absolute atomic E-state index is 11.1. The van der Waals surface area contributed by atoms with E-state index in [4.69, 9.17) is 4.74 Å². The van der Waals surface area contributed by atoms with Gasteiger partial charge in [-0.1, -0.05) is 0 Å². The molecule has 1 rings (SSSR count). The van der Waals surface area contributed by atoms with E-state index >= 15 is 0 Å². The van der Waals surface area contributed by atoms with Gasteiger partial charge >= 0.3 is 0 Å². The van der Waals surface area contributed by atoms with Crippen LogP contribution in [-0.2, 0) is 0 Å². The summed E-state index contributed by atoms with van der Waals surface area (Å²) in [5.41, 5.74) is 1.11. The monoisotopic (exact) mass is 258 g/mol. The summed E-state index contributed by atoms with van der Waals surface area (Å²) in [6.45, 7) is 3.23. The molecular weight excluding hydrogens is 248 g/mol. The van der Waals surface area contributed by atoms with Gasteiger partial charge in [0.1, 0.15) is 16.0 Å². The van der Waals surface area contributed by atoms with Gasteiger partial charge in [0.2, 0.25) is 0 Å². The Kier molecular flexibility index (Phi) is 3.16. The fourth-order valence-electron chi connectivity index (χ4n) is 1.27. The highest BCUT2D eigenvalue weighted by Gasteiger charge is 2.16. The van der Waals surface area contributed by atoms with Gasteiger partial charge in [-0.25, -0.2) is 0 Å². The number of methoxy groups -OCH3 is 1. The fraction of sp³-hybridized carbons (Fsp3) is 0.300. The van der Waals surface area contributed by atoms with Crippen molar-refractivity contribution in [2.24, 2.45) is 0 Å². The number of ketones is 1. The van der Waals surface area contributed by atoms with Gasteiger partial charge in [-0.15, -0.1) is 0 Å². The summed E-state index contributed by atoms with van der Waals surface area (Å²) in [6, 6.07) is 1.61. The molecule has 1 N–H and O–H groups in total. The lowest BCUT2D eigenvalue weighted by molar-refractivity contribution is 0.101. The standard InChI is InChI=1S/C10H11BrO3/c1-5-4-7(6(2)12)9(13)8(11)10(5)14-3/h4,13H,1-3H3. The van der Waals surface area contributed by atoms with Crippen molar-refractivity contribution >= 4 is 21.7 Å². The van der Waals surface area contributed by atoms with E-state index in [0.29, 0.717) is 15.8 Å². The minimum atomic E-state index is -0.172. The van der Waals surface area contributed by atoms with Crippen LogP contribution in [0.1, 0.15) is 22.8 Å². The Morgan fingerprint density at radius 3 is 2.57 bits per heavy atom. The van der Waals surface area contributed by atoms with Crippen molar-refractivity contribution in [3.63, 3.8) is 0 Å². The first-order valence-electron chi connectivity index (χ1n) is 4.06. The topological polar surface area (TPSA) is 46.5 Å². The molecule has 14 heavy (non-hydrogen) atoms. The van der Waals surface area contributed by atoms with Crippen LogP contribution in [0.25, 0.3) is 0 Å². The molecule has 0 aliphatic heterocycles. The van der Waals surface area contributed by atoms with E-state index in [1.807, 2.05) is 6.92 Å². The van der Waals surface area contributed by atoms with E-state index in [0.717, 1.165) is 5.56 Å². The lowest BCUT2D eigenvalue weighted by Gasteiger charge is -2.11. The highest BCUT2D eigenvalue weighted by atomic mass is 79.9. The Balaban J connectivity index is 3.47. The van der Waals surface area contributed by atoms with Crippen molar-refractivity contribution in [1.82, 2.24) is 0 Å². The average molecular weight is 259 g/mol. The molecule has 0 aliphatic rings. The number of phenolic OH excluding ortho intramolecular Hbond substituents is 1. The van der Waals surface area contributed by atoms with Gasteiger partial charge in [0.15, 0.2) is 5.78 Å². The summed E-state index contributed by atoms with van der Waals surface area (Å²) in [4.78, 5) is 11.1. The van der Waals surface area contributed by atoms with Gasteiger partial charge in [-0.05, 0) is 41.4 Å². The summed E-state index contributed by atoms with van der Waals surface area (Å²) in [5.74, 6) is 0.307. The highest BCUT2D eigenvalue weighted by Crippen LogP contribution is 2.39. The Hall–Kier alpha value is -1.03. The second kappa shape index (κ2) is 4.00. The molecule has 1 aromatic rings. The number of rotatable bonds is 2. The molecule has 4 heteroatoms. The van der Waals surface area contributed by atoms with E-state index in [-0.39, 0.29) is 11.5 Å². The summed E-state index contributed by atoms with van der Waals surface area (Å²) in [6.07, 6.45) is 0. The molecule has 3 nitrogen and oxygen atoms in total. The number of hydrogen-bond acceptors (Lipinski definition) is 3. The fourth-order valence-corrected chi connectivity index (χ4v) is 1.96. The van der Waals surface area contributed by atoms with Crippen molar-refractivity contribution in [1.29, 1.82) is 0 Å². The predicted octanol–water partition coefficient (Wildman–Crippen LogP) is 2.67. The lowest BCUT2D eigenvalue weighted by atomic mass is 10.1. The third-order valence-electron chi connectivity index (χ3n) is 1.96. The molecule has 0 saturated heterocycles. The second-order valence-corrected chi connectivity index (χ2v) is 3.79. The van der Waals surface area contributed by atoms with E-state index < -0.39 is 0 Å². The first kappa shape index (κ1) is 11.0. The summed E-state index contributed by atoms with van der Waals surface area (Å²) < 4.78 is 5.49. The first-order valence-corrected chi connectivity index (χ1v) is 4.85. The zero-order chi connectivity index (χ0) is 10.9. The molecule has 0 fully saturated rings. The maximum Gasteiger partial charge on any atom is 0.163 e. The number of benzene rings is 1. The van der Waals surface area contributed by atoms with Crippen LogP contribution in [0.2, 0.25) is 0 Å². The Bertz CT molecular complexity index is 385. The van der Waals surface area contributed by atoms with Crippen molar-refractivity contribution in [2.75, 3.05) is 7.11 Å². The van der Waals surface area contributed by atoms with E-state index in [1.165, 1.54) is 14.0 Å². The normalized spacial score (nSPS) is 10.0. The SMILES string of the molecule is COc1c(C)cc(C(C)=O)c(O)c1Br. The summed E-state index contributed by atoms with van der Waals surface area (Å²) in [7, 11) is 1.51. The smallest absolute Gasteiger partial charge is 0.163 e. The molecule has 0 aromatic heterocycles. The van der Waals surface area contributed by atoms with Crippen molar-refractivity contribution in [3.8, 4) is 11.5 Å². The molecule has 0 aliphatic carbocycles. The number of halogens is 1. The van der Waals surface area contributed by atoms with Crippen LogP contribution >= 0.6 is 15.9 Å². The van der Waals surface area contributed by atoms with Crippen LogP contribution in [0.5, 0.6) is 11.5 Å². The minimum absolute atomic E-state index is 0.0695. The number of aryl methyl sites for hydroxylation is 1. The number of carbonyl (C=O) groups is 1. The van der Waals surface area contributed by atoms with Gasteiger partial charge in [-0.3, -0.25) is 4.79 Å². The number of carbonyl (C=O) groups excluding carboxylic acids is 1. The van der Waals surface area contributed by atoms with E-state index in [1.54, 1.807) is 6.07 Å². The molecule has 0 amide bonds. The van der Waals surface area contributed by atoms with Gasteiger partial charge in [0.25, 0.3) is 0 Å². The minimum Gasteiger partial charge on any atom is -0.506 e. The maximum atomic E-state index is 11.1. The molecule has 0 atom stereocenters. The van der Waals surface area contributed by atoms with Gasteiger partial charge < -0.3 is 9.84 Å². The molecule has 0 heterocycles. The first-order chi connectivity index (χ1) is 6.49. The predicted molar refractivity (Wildman–Crippen MR) is 57.1 cm³/mol. The van der Waals surface area contributed by atoms with Gasteiger partial charge in [0.05, 0.1) is 12.7 Å². The molecule has 0 bridgehead atoms. The number of ether oxygens (including phenoxy) is 1. The van der Waals surface area contributed by atoms with Crippen molar-refractivity contribution in [3.05, 3.63) is 21.7 Å². The number of hydrogen-bond donors (Lipinski definition) is 1. The Morgan fingerprint density at radius 1 is 1.57 bits per heavy atom. The van der Waals surface area contributed by atoms with Crippen molar-refractivity contribution < 1.29 is 14.6 Å². The van der Waals surface area contributed by atoms with Crippen molar-refractivity contribution in [2.45, 2.75) is 13.8 Å². The largest absolute Gasteiger partial charge is 0.506 e. The molecule has 0 spiro atoms. The number of aromatic hydroxyl groups is 1. The molecule has 0 unspecified atom stereocenters. The Morgan fingerprint density at radius 2 is 2.14 bits per heavy atom. The molecular formula is C10H11BrO3.